The highest BCUT2D eigenvalue weighted by Crippen LogP contribution is 2.48. The molecule has 27 heavy (non-hydrogen) atoms. The molecule has 142 valence electrons. The zero-order valence-corrected chi connectivity index (χ0v) is 15.6. The summed E-state index contributed by atoms with van der Waals surface area (Å²) >= 11 is 0. The van der Waals surface area contributed by atoms with E-state index in [4.69, 9.17) is 18.9 Å². The van der Waals surface area contributed by atoms with E-state index in [2.05, 4.69) is 4.90 Å². The fourth-order valence-corrected chi connectivity index (χ4v) is 3.66. The molecule has 0 saturated carbocycles. The molecule has 2 aromatic carbocycles. The smallest absolute Gasteiger partial charge is 0.194 e. The summed E-state index contributed by atoms with van der Waals surface area (Å²) in [7, 11) is 3.17. The number of hydrogen-bond donors (Lipinski definition) is 0. The normalized spacial score (nSPS) is 16.0. The molecule has 0 atom stereocenters. The highest BCUT2D eigenvalue weighted by atomic mass is 16.5. The molecule has 1 heterocycles. The number of nitrogens with zero attached hydrogens (tertiary/aromatic N) is 1. The summed E-state index contributed by atoms with van der Waals surface area (Å²) in [6.07, 6.45) is 0. The first-order valence-electron chi connectivity index (χ1n) is 9.10. The van der Waals surface area contributed by atoms with Crippen LogP contribution in [0.15, 0.2) is 30.3 Å². The molecule has 0 spiro atoms. The zero-order valence-electron chi connectivity index (χ0n) is 15.6. The van der Waals surface area contributed by atoms with Crippen LogP contribution in [0.25, 0.3) is 11.1 Å². The minimum Gasteiger partial charge on any atom is -0.497 e. The third-order valence-electron chi connectivity index (χ3n) is 5.07. The Labute approximate surface area is 158 Å². The van der Waals surface area contributed by atoms with Crippen LogP contribution < -0.4 is 14.2 Å². The third-order valence-corrected chi connectivity index (χ3v) is 5.07. The van der Waals surface area contributed by atoms with Crippen molar-refractivity contribution in [3.8, 4) is 28.4 Å². The lowest BCUT2D eigenvalue weighted by Gasteiger charge is -2.26. The maximum absolute atomic E-state index is 12.9. The number of ketones is 1. The Kier molecular flexibility index (Phi) is 5.01. The highest BCUT2D eigenvalue weighted by molar-refractivity contribution is 6.23. The van der Waals surface area contributed by atoms with Crippen molar-refractivity contribution < 1.29 is 23.7 Å². The fraction of sp³-hybridized carbons (Fsp3) is 0.381. The molecule has 6 heteroatoms. The Balaban J connectivity index is 1.64. The van der Waals surface area contributed by atoms with E-state index in [1.165, 1.54) is 0 Å². The van der Waals surface area contributed by atoms with Crippen LogP contribution in [0, 0.1) is 0 Å². The van der Waals surface area contributed by atoms with E-state index in [0.717, 1.165) is 44.0 Å². The third kappa shape index (κ3) is 3.26. The number of rotatable bonds is 6. The average Bonchev–Trinajstić information content (AvgIpc) is 3.01. The first-order valence-corrected chi connectivity index (χ1v) is 9.10. The van der Waals surface area contributed by atoms with Crippen molar-refractivity contribution in [2.45, 2.75) is 0 Å². The van der Waals surface area contributed by atoms with Crippen LogP contribution in [0.3, 0.4) is 0 Å². The van der Waals surface area contributed by atoms with Gasteiger partial charge in [-0.05, 0) is 12.1 Å². The standard InChI is InChI=1S/C21H23NO5/c1-24-14-12-16-20(18(13-14)25-2)19-15(21(16)23)4-3-5-17(19)27-11-8-22-6-9-26-10-7-22/h3-5,12-13H,6-11H2,1-2H3. The van der Waals surface area contributed by atoms with Crippen LogP contribution in [0.5, 0.6) is 17.2 Å². The van der Waals surface area contributed by atoms with Crippen molar-refractivity contribution in [1.29, 1.82) is 0 Å². The van der Waals surface area contributed by atoms with Crippen LogP contribution in [-0.2, 0) is 4.74 Å². The van der Waals surface area contributed by atoms with Crippen molar-refractivity contribution >= 4 is 5.78 Å². The molecule has 4 rings (SSSR count). The van der Waals surface area contributed by atoms with Gasteiger partial charge in [0.1, 0.15) is 23.9 Å². The van der Waals surface area contributed by atoms with Crippen LogP contribution in [0.2, 0.25) is 0 Å². The number of fused-ring (bicyclic) bond motifs is 3. The Morgan fingerprint density at radius 1 is 1.00 bits per heavy atom. The Morgan fingerprint density at radius 3 is 2.52 bits per heavy atom. The first-order chi connectivity index (χ1) is 13.2. The van der Waals surface area contributed by atoms with Crippen molar-refractivity contribution in [3.05, 3.63) is 41.5 Å². The summed E-state index contributed by atoms with van der Waals surface area (Å²) in [6.45, 7) is 4.76. The number of morpholine rings is 1. The van der Waals surface area contributed by atoms with Crippen molar-refractivity contribution in [2.75, 3.05) is 53.7 Å². The molecule has 6 nitrogen and oxygen atoms in total. The van der Waals surface area contributed by atoms with Crippen molar-refractivity contribution in [2.24, 2.45) is 0 Å². The fourth-order valence-electron chi connectivity index (χ4n) is 3.66. The molecule has 1 saturated heterocycles. The zero-order chi connectivity index (χ0) is 18.8. The summed E-state index contributed by atoms with van der Waals surface area (Å²) in [5.74, 6) is 1.88. The van der Waals surface area contributed by atoms with Crippen LogP contribution in [0.4, 0.5) is 0 Å². The second-order valence-electron chi connectivity index (χ2n) is 6.56. The molecule has 2 aromatic rings. The van der Waals surface area contributed by atoms with E-state index >= 15 is 0 Å². The van der Waals surface area contributed by atoms with Gasteiger partial charge in [-0.15, -0.1) is 0 Å². The quantitative estimate of drug-likeness (QED) is 0.666. The molecular weight excluding hydrogens is 346 g/mol. The molecule has 0 radical (unpaired) electrons. The van der Waals surface area contributed by atoms with Crippen LogP contribution in [0.1, 0.15) is 15.9 Å². The summed E-state index contributed by atoms with van der Waals surface area (Å²) in [4.78, 5) is 15.2. The maximum atomic E-state index is 12.9. The van der Waals surface area contributed by atoms with Gasteiger partial charge in [-0.3, -0.25) is 9.69 Å². The summed E-state index contributed by atoms with van der Waals surface area (Å²) in [5.41, 5.74) is 2.81. The molecule has 1 aliphatic heterocycles. The van der Waals surface area contributed by atoms with E-state index < -0.39 is 0 Å². The summed E-state index contributed by atoms with van der Waals surface area (Å²) < 4.78 is 22.3. The topological polar surface area (TPSA) is 57.2 Å². The number of carbonyl (C=O) groups excluding carboxylic acids is 1. The van der Waals surface area contributed by atoms with Gasteiger partial charge in [-0.1, -0.05) is 12.1 Å². The Morgan fingerprint density at radius 2 is 1.78 bits per heavy atom. The van der Waals surface area contributed by atoms with E-state index in [1.807, 2.05) is 18.2 Å². The van der Waals surface area contributed by atoms with Gasteiger partial charge in [0.25, 0.3) is 0 Å². The SMILES string of the molecule is COc1cc(OC)c2c(c1)C(=O)c1cccc(OCCN3CCOCC3)c1-2. The van der Waals surface area contributed by atoms with Crippen molar-refractivity contribution in [3.63, 3.8) is 0 Å². The molecular formula is C21H23NO5. The molecule has 0 bridgehead atoms. The minimum absolute atomic E-state index is 0.0316. The van der Waals surface area contributed by atoms with Gasteiger partial charge in [-0.2, -0.15) is 0 Å². The minimum atomic E-state index is -0.0316. The highest BCUT2D eigenvalue weighted by Gasteiger charge is 2.33. The number of methoxy groups -OCH3 is 2. The van der Waals surface area contributed by atoms with Gasteiger partial charge in [0.15, 0.2) is 5.78 Å². The van der Waals surface area contributed by atoms with Gasteiger partial charge in [0, 0.05) is 48.0 Å². The molecule has 2 aliphatic rings. The number of ether oxygens (including phenoxy) is 4. The maximum Gasteiger partial charge on any atom is 0.194 e. The average molecular weight is 369 g/mol. The molecule has 0 unspecified atom stereocenters. The summed E-state index contributed by atoms with van der Waals surface area (Å²) in [6, 6.07) is 9.16. The number of benzene rings is 2. The number of carbonyl (C=O) groups is 1. The molecule has 1 aliphatic carbocycles. The largest absolute Gasteiger partial charge is 0.497 e. The number of hydrogen-bond acceptors (Lipinski definition) is 6. The molecule has 1 fully saturated rings. The monoisotopic (exact) mass is 369 g/mol. The van der Waals surface area contributed by atoms with Gasteiger partial charge in [0.05, 0.1) is 27.4 Å². The van der Waals surface area contributed by atoms with E-state index in [1.54, 1.807) is 26.4 Å². The second-order valence-corrected chi connectivity index (χ2v) is 6.56. The lowest BCUT2D eigenvalue weighted by molar-refractivity contribution is 0.0323. The summed E-state index contributed by atoms with van der Waals surface area (Å²) in [5, 5.41) is 0. The van der Waals surface area contributed by atoms with Crippen LogP contribution >= 0.6 is 0 Å². The predicted molar refractivity (Wildman–Crippen MR) is 101 cm³/mol. The molecule has 0 aromatic heterocycles. The second kappa shape index (κ2) is 7.58. The van der Waals surface area contributed by atoms with Gasteiger partial charge >= 0.3 is 0 Å². The van der Waals surface area contributed by atoms with Crippen LogP contribution in [-0.4, -0.2) is 64.4 Å². The van der Waals surface area contributed by atoms with Gasteiger partial charge in [-0.25, -0.2) is 0 Å². The van der Waals surface area contributed by atoms with Gasteiger partial charge < -0.3 is 18.9 Å². The molecule has 0 amide bonds. The lowest BCUT2D eigenvalue weighted by Crippen LogP contribution is -2.38. The predicted octanol–water partition coefficient (Wildman–Crippen LogP) is 2.63. The lowest BCUT2D eigenvalue weighted by atomic mass is 10.0. The van der Waals surface area contributed by atoms with E-state index in [0.29, 0.717) is 35.0 Å². The van der Waals surface area contributed by atoms with E-state index in [-0.39, 0.29) is 5.78 Å². The van der Waals surface area contributed by atoms with Crippen molar-refractivity contribution in [1.82, 2.24) is 4.90 Å². The van der Waals surface area contributed by atoms with Gasteiger partial charge in [0.2, 0.25) is 0 Å². The van der Waals surface area contributed by atoms with E-state index in [9.17, 15) is 4.79 Å². The molecule has 0 N–H and O–H groups in total. The Bertz CT molecular complexity index is 858. The Hall–Kier alpha value is -2.57. The first kappa shape index (κ1) is 17.8.